The maximum Gasteiger partial charge on any atom is 0.317 e. The highest BCUT2D eigenvalue weighted by Crippen LogP contribution is 2.35. The maximum absolute atomic E-state index is 12.1. The van der Waals surface area contributed by atoms with Crippen LogP contribution < -0.4 is 5.32 Å². The Morgan fingerprint density at radius 2 is 1.95 bits per heavy atom. The fourth-order valence-corrected chi connectivity index (χ4v) is 3.42. The molecule has 2 amide bonds. The fraction of sp³-hybridized carbons (Fsp3) is 0.867. The van der Waals surface area contributed by atoms with Gasteiger partial charge in [0.05, 0.1) is 5.92 Å². The number of hydrogen-bond donors (Lipinski definition) is 2. The highest BCUT2D eigenvalue weighted by atomic mass is 16.4. The van der Waals surface area contributed by atoms with Crippen LogP contribution in [-0.4, -0.2) is 41.6 Å². The van der Waals surface area contributed by atoms with Crippen LogP contribution in [0.5, 0.6) is 0 Å². The van der Waals surface area contributed by atoms with Gasteiger partial charge in [-0.25, -0.2) is 4.79 Å². The molecule has 1 aliphatic heterocycles. The highest BCUT2D eigenvalue weighted by molar-refractivity contribution is 5.74. The zero-order valence-corrected chi connectivity index (χ0v) is 12.3. The lowest BCUT2D eigenvalue weighted by molar-refractivity contribution is -0.141. The normalized spacial score (nSPS) is 27.6. The van der Waals surface area contributed by atoms with Crippen molar-refractivity contribution in [3.63, 3.8) is 0 Å². The van der Waals surface area contributed by atoms with E-state index in [1.807, 2.05) is 4.90 Å². The third-order valence-corrected chi connectivity index (χ3v) is 4.85. The van der Waals surface area contributed by atoms with Crippen LogP contribution in [0, 0.1) is 17.8 Å². The number of piperidine rings is 1. The number of amides is 2. The summed E-state index contributed by atoms with van der Waals surface area (Å²) in [5.41, 5.74) is 0. The molecule has 0 radical (unpaired) electrons. The molecule has 0 aromatic rings. The number of aliphatic carboxylic acids is 1. The Balaban J connectivity index is 1.71. The monoisotopic (exact) mass is 282 g/mol. The van der Waals surface area contributed by atoms with E-state index in [9.17, 15) is 9.59 Å². The largest absolute Gasteiger partial charge is 0.481 e. The summed E-state index contributed by atoms with van der Waals surface area (Å²) in [7, 11) is 0. The molecule has 0 spiro atoms. The van der Waals surface area contributed by atoms with Crippen LogP contribution in [0.1, 0.15) is 45.4 Å². The van der Waals surface area contributed by atoms with Gasteiger partial charge in [0.15, 0.2) is 0 Å². The summed E-state index contributed by atoms with van der Waals surface area (Å²) in [6.45, 7) is 3.84. The van der Waals surface area contributed by atoms with Gasteiger partial charge in [0.2, 0.25) is 0 Å². The number of nitrogens with zero attached hydrogens (tertiary/aromatic N) is 1. The second-order valence-corrected chi connectivity index (χ2v) is 6.30. The number of hydrogen-bond acceptors (Lipinski definition) is 2. The van der Waals surface area contributed by atoms with Crippen molar-refractivity contribution in [3.05, 3.63) is 0 Å². The van der Waals surface area contributed by atoms with Gasteiger partial charge in [0.25, 0.3) is 0 Å². The van der Waals surface area contributed by atoms with Gasteiger partial charge < -0.3 is 15.3 Å². The Morgan fingerprint density at radius 1 is 1.25 bits per heavy atom. The van der Waals surface area contributed by atoms with Crippen molar-refractivity contribution in [2.45, 2.75) is 45.4 Å². The maximum atomic E-state index is 12.1. The second kappa shape index (κ2) is 6.95. The molecule has 1 aliphatic carbocycles. The summed E-state index contributed by atoms with van der Waals surface area (Å²) in [5, 5.41) is 11.7. The van der Waals surface area contributed by atoms with Gasteiger partial charge >= 0.3 is 12.0 Å². The molecule has 2 N–H and O–H groups in total. The number of urea groups is 1. The average Bonchev–Trinajstić information content (AvgIpc) is 2.46. The lowest BCUT2D eigenvalue weighted by atomic mass is 9.75. The Hall–Kier alpha value is -1.26. The molecular formula is C15H26N2O3. The zero-order valence-electron chi connectivity index (χ0n) is 12.3. The van der Waals surface area contributed by atoms with E-state index in [0.717, 1.165) is 25.4 Å². The Morgan fingerprint density at radius 3 is 2.65 bits per heavy atom. The predicted octanol–water partition coefficient (Wildman–Crippen LogP) is 2.32. The van der Waals surface area contributed by atoms with Crippen LogP contribution in [-0.2, 0) is 4.79 Å². The average molecular weight is 282 g/mol. The molecule has 1 heterocycles. The summed E-state index contributed by atoms with van der Waals surface area (Å²) < 4.78 is 0. The van der Waals surface area contributed by atoms with Gasteiger partial charge in [0, 0.05) is 19.6 Å². The lowest BCUT2D eigenvalue weighted by Gasteiger charge is -2.41. The Bertz CT molecular complexity index is 359. The number of carbonyl (C=O) groups is 2. The summed E-state index contributed by atoms with van der Waals surface area (Å²) in [4.78, 5) is 24.7. The van der Waals surface area contributed by atoms with Crippen molar-refractivity contribution >= 4 is 12.0 Å². The summed E-state index contributed by atoms with van der Waals surface area (Å²) in [6, 6.07) is -0.0217. The number of carbonyl (C=O) groups excluding carboxylic acids is 1. The third-order valence-electron chi connectivity index (χ3n) is 4.85. The van der Waals surface area contributed by atoms with Crippen LogP contribution in [0.25, 0.3) is 0 Å². The number of carboxylic acid groups (broad SMARTS) is 1. The van der Waals surface area contributed by atoms with E-state index in [0.29, 0.717) is 18.9 Å². The molecule has 0 bridgehead atoms. The minimum atomic E-state index is -0.803. The lowest BCUT2D eigenvalue weighted by Crippen LogP contribution is -2.49. The first-order valence-electron chi connectivity index (χ1n) is 7.83. The molecule has 20 heavy (non-hydrogen) atoms. The molecule has 2 fully saturated rings. The smallest absolute Gasteiger partial charge is 0.317 e. The number of rotatable bonds is 4. The molecule has 0 aromatic heterocycles. The highest BCUT2D eigenvalue weighted by Gasteiger charge is 2.32. The molecule has 1 saturated carbocycles. The van der Waals surface area contributed by atoms with Gasteiger partial charge in [0.1, 0.15) is 0 Å². The van der Waals surface area contributed by atoms with Crippen molar-refractivity contribution in [2.24, 2.45) is 17.8 Å². The van der Waals surface area contributed by atoms with E-state index in [4.69, 9.17) is 5.11 Å². The first-order valence-corrected chi connectivity index (χ1v) is 7.83. The zero-order chi connectivity index (χ0) is 14.5. The third kappa shape index (κ3) is 3.87. The summed E-state index contributed by atoms with van der Waals surface area (Å²) in [5.74, 6) is 0.294. The Kier molecular flexibility index (Phi) is 5.26. The summed E-state index contributed by atoms with van der Waals surface area (Å²) >= 11 is 0. The number of likely N-dealkylation sites (tertiary alicyclic amines) is 1. The quantitative estimate of drug-likeness (QED) is 0.831. The predicted molar refractivity (Wildman–Crippen MR) is 76.5 cm³/mol. The molecule has 0 aromatic carbocycles. The molecule has 114 valence electrons. The van der Waals surface area contributed by atoms with Crippen molar-refractivity contribution in [1.82, 2.24) is 10.2 Å². The number of nitrogens with one attached hydrogen (secondary N) is 1. The van der Waals surface area contributed by atoms with Crippen molar-refractivity contribution in [3.8, 4) is 0 Å². The first kappa shape index (κ1) is 15.1. The van der Waals surface area contributed by atoms with Gasteiger partial charge in [-0.05, 0) is 31.1 Å². The molecule has 2 aliphatic rings. The molecule has 5 heteroatoms. The molecule has 3 unspecified atom stereocenters. The topological polar surface area (TPSA) is 69.6 Å². The minimum Gasteiger partial charge on any atom is -0.481 e. The van der Waals surface area contributed by atoms with Crippen LogP contribution in [0.3, 0.4) is 0 Å². The van der Waals surface area contributed by atoms with E-state index in [-0.39, 0.29) is 6.03 Å². The van der Waals surface area contributed by atoms with Crippen molar-refractivity contribution in [1.29, 1.82) is 0 Å². The first-order chi connectivity index (χ1) is 9.58. The van der Waals surface area contributed by atoms with Crippen LogP contribution >= 0.6 is 0 Å². The van der Waals surface area contributed by atoms with Gasteiger partial charge in [-0.3, -0.25) is 4.79 Å². The van der Waals surface area contributed by atoms with Crippen LogP contribution in [0.2, 0.25) is 0 Å². The molecule has 1 saturated heterocycles. The van der Waals surface area contributed by atoms with Crippen LogP contribution in [0.15, 0.2) is 0 Å². The van der Waals surface area contributed by atoms with E-state index in [2.05, 4.69) is 5.32 Å². The molecular weight excluding hydrogens is 256 g/mol. The van der Waals surface area contributed by atoms with E-state index >= 15 is 0 Å². The Labute approximate surface area is 120 Å². The SMILES string of the molecule is CC(CCNC(=O)N1CCC2CCCCC2C1)C(=O)O. The second-order valence-electron chi connectivity index (χ2n) is 6.30. The van der Waals surface area contributed by atoms with Crippen molar-refractivity contribution in [2.75, 3.05) is 19.6 Å². The van der Waals surface area contributed by atoms with E-state index < -0.39 is 11.9 Å². The van der Waals surface area contributed by atoms with Gasteiger partial charge in [-0.2, -0.15) is 0 Å². The van der Waals surface area contributed by atoms with Gasteiger partial charge in [-0.1, -0.05) is 26.2 Å². The number of carboxylic acids is 1. The van der Waals surface area contributed by atoms with Crippen LogP contribution in [0.4, 0.5) is 4.79 Å². The molecule has 2 rings (SSSR count). The summed E-state index contributed by atoms with van der Waals surface area (Å²) in [6.07, 6.45) is 6.85. The standard InChI is InChI=1S/C15H26N2O3/c1-11(14(18)19)6-8-16-15(20)17-9-7-12-4-2-3-5-13(12)10-17/h11-13H,2-10H2,1H3,(H,16,20)(H,18,19). The van der Waals surface area contributed by atoms with E-state index in [1.54, 1.807) is 6.92 Å². The van der Waals surface area contributed by atoms with E-state index in [1.165, 1.54) is 25.7 Å². The molecule has 5 nitrogen and oxygen atoms in total. The fourth-order valence-electron chi connectivity index (χ4n) is 3.42. The van der Waals surface area contributed by atoms with Gasteiger partial charge in [-0.15, -0.1) is 0 Å². The molecule has 3 atom stereocenters. The minimum absolute atomic E-state index is 0.0217. The van der Waals surface area contributed by atoms with Crippen molar-refractivity contribution < 1.29 is 14.7 Å². The number of fused-ring (bicyclic) bond motifs is 1.